The maximum atomic E-state index is 11.3. The predicted molar refractivity (Wildman–Crippen MR) is 68.2 cm³/mol. The third-order valence-corrected chi connectivity index (χ3v) is 3.93. The topological polar surface area (TPSA) is 82.2 Å². The van der Waals surface area contributed by atoms with Gasteiger partial charge in [0, 0.05) is 23.9 Å². The Morgan fingerprint density at radius 3 is 2.74 bits per heavy atom. The minimum absolute atomic E-state index is 0.292. The molecule has 0 fully saturated rings. The van der Waals surface area contributed by atoms with Crippen LogP contribution in [0.4, 0.5) is 0 Å². The molecule has 0 spiro atoms. The predicted octanol–water partition coefficient (Wildman–Crippen LogP) is 1.06. The molecule has 0 saturated heterocycles. The van der Waals surface area contributed by atoms with Gasteiger partial charge < -0.3 is 0 Å². The van der Waals surface area contributed by atoms with E-state index in [0.29, 0.717) is 11.4 Å². The van der Waals surface area contributed by atoms with Gasteiger partial charge in [-0.05, 0) is 12.1 Å². The van der Waals surface area contributed by atoms with E-state index in [4.69, 9.17) is 10.7 Å². The molecule has 0 saturated carbocycles. The molecule has 0 aliphatic rings. The fraction of sp³-hybridized carbons (Fsp3) is 0.100. The standard InChI is InChI=1S/C10H8ClN5O2S/c1-15-9(13-14-10(15)19(11,17)18)7-6-12-16-5-3-2-4-8(7)16/h2-6H,1H3. The Morgan fingerprint density at radius 1 is 1.26 bits per heavy atom. The number of fused-ring (bicyclic) bond motifs is 1. The van der Waals surface area contributed by atoms with Gasteiger partial charge in [-0.1, -0.05) is 6.07 Å². The molecule has 3 rings (SSSR count). The lowest BCUT2D eigenvalue weighted by atomic mass is 10.2. The molecule has 9 heteroatoms. The summed E-state index contributed by atoms with van der Waals surface area (Å²) in [5.74, 6) is 0.389. The van der Waals surface area contributed by atoms with Crippen molar-refractivity contribution in [3.05, 3.63) is 30.6 Å². The van der Waals surface area contributed by atoms with Gasteiger partial charge in [0.1, 0.15) is 0 Å². The van der Waals surface area contributed by atoms with E-state index < -0.39 is 9.05 Å². The summed E-state index contributed by atoms with van der Waals surface area (Å²) in [5.41, 5.74) is 1.48. The Balaban J connectivity index is 2.26. The summed E-state index contributed by atoms with van der Waals surface area (Å²) in [6.07, 6.45) is 3.39. The molecule has 98 valence electrons. The molecular weight excluding hydrogens is 290 g/mol. The number of hydrogen-bond acceptors (Lipinski definition) is 5. The fourth-order valence-corrected chi connectivity index (χ4v) is 2.82. The lowest BCUT2D eigenvalue weighted by Gasteiger charge is -2.00. The number of aromatic nitrogens is 5. The van der Waals surface area contributed by atoms with Crippen LogP contribution in [0.2, 0.25) is 0 Å². The molecule has 0 unspecified atom stereocenters. The minimum Gasteiger partial charge on any atom is -0.300 e. The van der Waals surface area contributed by atoms with Gasteiger partial charge in [-0.2, -0.15) is 5.10 Å². The van der Waals surface area contributed by atoms with Crippen LogP contribution in [0.1, 0.15) is 0 Å². The zero-order valence-corrected chi connectivity index (χ0v) is 11.3. The molecule has 3 aromatic heterocycles. The zero-order chi connectivity index (χ0) is 13.6. The van der Waals surface area contributed by atoms with E-state index in [-0.39, 0.29) is 5.16 Å². The lowest BCUT2D eigenvalue weighted by Crippen LogP contribution is -2.02. The van der Waals surface area contributed by atoms with Gasteiger partial charge in [0.2, 0.25) is 0 Å². The van der Waals surface area contributed by atoms with Crippen molar-refractivity contribution in [2.75, 3.05) is 0 Å². The van der Waals surface area contributed by atoms with E-state index >= 15 is 0 Å². The Bertz CT molecular complexity index is 867. The summed E-state index contributed by atoms with van der Waals surface area (Å²) in [6.45, 7) is 0. The summed E-state index contributed by atoms with van der Waals surface area (Å²) in [6, 6.07) is 5.55. The average Bonchev–Trinajstić information content (AvgIpc) is 2.91. The Hall–Kier alpha value is -1.93. The summed E-state index contributed by atoms with van der Waals surface area (Å²) in [5, 5.41) is 11.3. The van der Waals surface area contributed by atoms with Gasteiger partial charge in [0.25, 0.3) is 14.2 Å². The third-order valence-electron chi connectivity index (χ3n) is 2.72. The molecule has 0 radical (unpaired) electrons. The van der Waals surface area contributed by atoms with Gasteiger partial charge in [-0.25, -0.2) is 12.9 Å². The Kier molecular flexibility index (Phi) is 2.58. The Morgan fingerprint density at radius 2 is 2.05 bits per heavy atom. The third kappa shape index (κ3) is 1.89. The summed E-state index contributed by atoms with van der Waals surface area (Å²) in [4.78, 5) is 0. The van der Waals surface area contributed by atoms with Crippen molar-refractivity contribution in [1.82, 2.24) is 24.4 Å². The molecule has 0 aliphatic carbocycles. The van der Waals surface area contributed by atoms with Crippen LogP contribution in [-0.2, 0) is 16.1 Å². The molecule has 19 heavy (non-hydrogen) atoms. The van der Waals surface area contributed by atoms with E-state index in [9.17, 15) is 8.42 Å². The maximum Gasteiger partial charge on any atom is 0.296 e. The molecule has 0 aliphatic heterocycles. The van der Waals surface area contributed by atoms with Crippen LogP contribution in [0.3, 0.4) is 0 Å². The monoisotopic (exact) mass is 297 g/mol. The van der Waals surface area contributed by atoms with E-state index in [1.165, 1.54) is 11.6 Å². The van der Waals surface area contributed by atoms with E-state index in [1.54, 1.807) is 16.9 Å². The van der Waals surface area contributed by atoms with Crippen LogP contribution in [0.25, 0.3) is 16.9 Å². The zero-order valence-electron chi connectivity index (χ0n) is 9.73. The van der Waals surface area contributed by atoms with Crippen molar-refractivity contribution in [3.8, 4) is 11.4 Å². The molecule has 3 aromatic rings. The molecule has 0 atom stereocenters. The highest BCUT2D eigenvalue weighted by molar-refractivity contribution is 8.13. The molecule has 0 aromatic carbocycles. The molecule has 0 N–H and O–H groups in total. The quantitative estimate of drug-likeness (QED) is 0.661. The molecule has 7 nitrogen and oxygen atoms in total. The lowest BCUT2D eigenvalue weighted by molar-refractivity contribution is 0.593. The van der Waals surface area contributed by atoms with Crippen molar-refractivity contribution < 1.29 is 8.42 Å². The normalized spacial score (nSPS) is 12.1. The first-order chi connectivity index (χ1) is 8.98. The number of halogens is 1. The minimum atomic E-state index is -3.92. The van der Waals surface area contributed by atoms with Crippen LogP contribution in [0, 0.1) is 0 Å². The van der Waals surface area contributed by atoms with Gasteiger partial charge in [-0.15, -0.1) is 10.2 Å². The van der Waals surface area contributed by atoms with Gasteiger partial charge >= 0.3 is 0 Å². The number of nitrogens with zero attached hydrogens (tertiary/aromatic N) is 5. The highest BCUT2D eigenvalue weighted by Crippen LogP contribution is 2.24. The largest absolute Gasteiger partial charge is 0.300 e. The summed E-state index contributed by atoms with van der Waals surface area (Å²) >= 11 is 0. The van der Waals surface area contributed by atoms with E-state index in [2.05, 4.69) is 15.3 Å². The van der Waals surface area contributed by atoms with Crippen LogP contribution in [0.5, 0.6) is 0 Å². The molecule has 0 bridgehead atoms. The second kappa shape index (κ2) is 4.04. The molecule has 0 amide bonds. The van der Waals surface area contributed by atoms with Crippen LogP contribution < -0.4 is 0 Å². The second-order valence-corrected chi connectivity index (χ2v) is 6.35. The molecular formula is C10H8ClN5O2S. The van der Waals surface area contributed by atoms with Gasteiger partial charge in [0.05, 0.1) is 17.3 Å². The number of pyridine rings is 1. The summed E-state index contributed by atoms with van der Waals surface area (Å²) < 4.78 is 25.6. The van der Waals surface area contributed by atoms with Crippen molar-refractivity contribution in [2.45, 2.75) is 5.16 Å². The van der Waals surface area contributed by atoms with E-state index in [1.807, 2.05) is 18.2 Å². The number of hydrogen-bond donors (Lipinski definition) is 0. The second-order valence-electron chi connectivity index (χ2n) is 3.89. The fourth-order valence-electron chi connectivity index (χ4n) is 1.87. The van der Waals surface area contributed by atoms with Crippen LogP contribution in [0.15, 0.2) is 35.7 Å². The van der Waals surface area contributed by atoms with E-state index in [0.717, 1.165) is 5.52 Å². The summed E-state index contributed by atoms with van der Waals surface area (Å²) in [7, 11) is 2.90. The maximum absolute atomic E-state index is 11.3. The number of rotatable bonds is 2. The van der Waals surface area contributed by atoms with Gasteiger partial charge in [0.15, 0.2) is 5.82 Å². The molecule has 3 heterocycles. The van der Waals surface area contributed by atoms with Crippen molar-refractivity contribution in [3.63, 3.8) is 0 Å². The van der Waals surface area contributed by atoms with Gasteiger partial charge in [-0.3, -0.25) is 4.57 Å². The highest BCUT2D eigenvalue weighted by Gasteiger charge is 2.22. The van der Waals surface area contributed by atoms with Crippen molar-refractivity contribution in [1.29, 1.82) is 0 Å². The first-order valence-corrected chi connectivity index (χ1v) is 7.56. The SMILES string of the molecule is Cn1c(-c2cnn3ccccc23)nnc1S(=O)(=O)Cl. The first-order valence-electron chi connectivity index (χ1n) is 5.25. The van der Waals surface area contributed by atoms with Crippen LogP contribution >= 0.6 is 10.7 Å². The van der Waals surface area contributed by atoms with Crippen molar-refractivity contribution in [2.24, 2.45) is 7.05 Å². The Labute approximate surface area is 112 Å². The first kappa shape index (κ1) is 12.1. The smallest absolute Gasteiger partial charge is 0.296 e. The van der Waals surface area contributed by atoms with Crippen molar-refractivity contribution >= 4 is 25.2 Å². The highest BCUT2D eigenvalue weighted by atomic mass is 35.7. The average molecular weight is 298 g/mol. The van der Waals surface area contributed by atoms with Crippen LogP contribution in [-0.4, -0.2) is 32.8 Å².